The third kappa shape index (κ3) is 4.28. The molecule has 1 amide bonds. The van der Waals surface area contributed by atoms with Crippen molar-refractivity contribution in [2.24, 2.45) is 0 Å². The topological polar surface area (TPSA) is 66.9 Å². The van der Waals surface area contributed by atoms with E-state index < -0.39 is 0 Å². The smallest absolute Gasteiger partial charge is 0.270 e. The predicted molar refractivity (Wildman–Crippen MR) is 93.2 cm³/mol. The highest BCUT2D eigenvalue weighted by Crippen LogP contribution is 2.24. The number of nitrogens with zero attached hydrogens (tertiary/aromatic N) is 2. The number of aromatic nitrogens is 2. The van der Waals surface area contributed by atoms with Crippen LogP contribution in [0.2, 0.25) is 0 Å². The summed E-state index contributed by atoms with van der Waals surface area (Å²) in [5.74, 6) is 0.288. The van der Waals surface area contributed by atoms with Gasteiger partial charge in [-0.2, -0.15) is 0 Å². The van der Waals surface area contributed by atoms with Crippen LogP contribution in [0.1, 0.15) is 47.6 Å². The van der Waals surface area contributed by atoms with Crippen LogP contribution in [-0.4, -0.2) is 22.4 Å². The summed E-state index contributed by atoms with van der Waals surface area (Å²) in [5.41, 5.74) is 4.50. The van der Waals surface area contributed by atoms with Crippen molar-refractivity contribution in [3.05, 3.63) is 46.8 Å². The number of anilines is 2. The van der Waals surface area contributed by atoms with Gasteiger partial charge in [-0.3, -0.25) is 4.79 Å². The molecule has 0 spiro atoms. The second-order valence-corrected chi connectivity index (χ2v) is 5.56. The van der Waals surface area contributed by atoms with E-state index in [1.165, 1.54) is 5.56 Å². The molecule has 0 aliphatic carbocycles. The van der Waals surface area contributed by atoms with E-state index in [4.69, 9.17) is 0 Å². The van der Waals surface area contributed by atoms with Crippen LogP contribution in [0.4, 0.5) is 11.6 Å². The van der Waals surface area contributed by atoms with Crippen molar-refractivity contribution >= 4 is 17.5 Å². The number of amides is 1. The Kier molecular flexibility index (Phi) is 5.68. The van der Waals surface area contributed by atoms with E-state index in [-0.39, 0.29) is 5.91 Å². The molecule has 0 bridgehead atoms. The molecule has 1 heterocycles. The summed E-state index contributed by atoms with van der Waals surface area (Å²) in [6, 6.07) is 7.88. The van der Waals surface area contributed by atoms with Crippen molar-refractivity contribution in [2.75, 3.05) is 11.9 Å². The predicted octanol–water partition coefficient (Wildman–Crippen LogP) is 3.54. The second-order valence-electron chi connectivity index (χ2n) is 5.56. The zero-order valence-corrected chi connectivity index (χ0v) is 14.2. The highest BCUT2D eigenvalue weighted by Gasteiger charge is 2.12. The SMILES string of the molecule is CCCNC(=O)c1cc(C)nc(Nc2c(C)cccc2CC)n1. The van der Waals surface area contributed by atoms with E-state index in [1.54, 1.807) is 6.07 Å². The summed E-state index contributed by atoms with van der Waals surface area (Å²) < 4.78 is 0. The molecule has 0 aliphatic heterocycles. The standard InChI is InChI=1S/C18H24N4O/c1-5-10-19-17(23)15-11-13(4)20-18(21-15)22-16-12(3)8-7-9-14(16)6-2/h7-9,11H,5-6,10H2,1-4H3,(H,19,23)(H,20,21,22). The van der Waals surface area contributed by atoms with Crippen LogP contribution in [0.15, 0.2) is 24.3 Å². The second kappa shape index (κ2) is 7.72. The van der Waals surface area contributed by atoms with Crippen molar-refractivity contribution < 1.29 is 4.79 Å². The van der Waals surface area contributed by atoms with Gasteiger partial charge in [0.2, 0.25) is 5.95 Å². The molecule has 0 saturated carbocycles. The van der Waals surface area contributed by atoms with Gasteiger partial charge in [0.1, 0.15) is 5.69 Å². The Balaban J connectivity index is 2.31. The van der Waals surface area contributed by atoms with E-state index in [0.717, 1.165) is 29.8 Å². The van der Waals surface area contributed by atoms with Crippen LogP contribution in [0.25, 0.3) is 0 Å². The van der Waals surface area contributed by atoms with Crippen LogP contribution in [0.5, 0.6) is 0 Å². The molecule has 0 aliphatic rings. The number of nitrogens with one attached hydrogen (secondary N) is 2. The normalized spacial score (nSPS) is 10.4. The van der Waals surface area contributed by atoms with Gasteiger partial charge in [-0.1, -0.05) is 32.0 Å². The van der Waals surface area contributed by atoms with Crippen molar-refractivity contribution in [1.29, 1.82) is 0 Å². The monoisotopic (exact) mass is 312 g/mol. The summed E-state index contributed by atoms with van der Waals surface area (Å²) in [6.45, 7) is 8.68. The maximum absolute atomic E-state index is 12.1. The van der Waals surface area contributed by atoms with Crippen LogP contribution in [0, 0.1) is 13.8 Å². The average Bonchev–Trinajstić information content (AvgIpc) is 2.54. The first-order chi connectivity index (χ1) is 11.0. The number of para-hydroxylation sites is 1. The zero-order chi connectivity index (χ0) is 16.8. The van der Waals surface area contributed by atoms with Gasteiger partial charge in [-0.25, -0.2) is 9.97 Å². The molecule has 23 heavy (non-hydrogen) atoms. The van der Waals surface area contributed by atoms with Gasteiger partial charge in [0.15, 0.2) is 0 Å². The Morgan fingerprint density at radius 2 is 1.96 bits per heavy atom. The lowest BCUT2D eigenvalue weighted by Gasteiger charge is -2.14. The first-order valence-electron chi connectivity index (χ1n) is 8.04. The van der Waals surface area contributed by atoms with Gasteiger partial charge >= 0.3 is 0 Å². The first-order valence-corrected chi connectivity index (χ1v) is 8.04. The molecule has 1 aromatic heterocycles. The van der Waals surface area contributed by atoms with E-state index in [0.29, 0.717) is 18.2 Å². The molecular weight excluding hydrogens is 288 g/mol. The summed E-state index contributed by atoms with van der Waals surface area (Å²) in [6.07, 6.45) is 1.81. The van der Waals surface area contributed by atoms with Crippen molar-refractivity contribution in [1.82, 2.24) is 15.3 Å². The summed E-state index contributed by atoms with van der Waals surface area (Å²) in [4.78, 5) is 20.9. The fourth-order valence-corrected chi connectivity index (χ4v) is 2.38. The van der Waals surface area contributed by atoms with Crippen LogP contribution in [-0.2, 0) is 6.42 Å². The van der Waals surface area contributed by atoms with Crippen LogP contribution >= 0.6 is 0 Å². The minimum absolute atomic E-state index is 0.166. The van der Waals surface area contributed by atoms with Gasteiger partial charge in [0.25, 0.3) is 5.91 Å². The maximum Gasteiger partial charge on any atom is 0.270 e. The van der Waals surface area contributed by atoms with Crippen molar-refractivity contribution in [2.45, 2.75) is 40.5 Å². The Labute approximate surface area is 137 Å². The Morgan fingerprint density at radius 1 is 1.17 bits per heavy atom. The van der Waals surface area contributed by atoms with Gasteiger partial charge in [-0.15, -0.1) is 0 Å². The first kappa shape index (κ1) is 16.9. The third-order valence-corrected chi connectivity index (χ3v) is 3.60. The number of rotatable bonds is 6. The molecule has 1 aromatic carbocycles. The highest BCUT2D eigenvalue weighted by molar-refractivity contribution is 5.92. The fourth-order valence-electron chi connectivity index (χ4n) is 2.38. The molecule has 0 saturated heterocycles. The van der Waals surface area contributed by atoms with E-state index in [1.807, 2.05) is 32.9 Å². The Bertz CT molecular complexity index is 697. The third-order valence-electron chi connectivity index (χ3n) is 3.60. The summed E-state index contributed by atoms with van der Waals surface area (Å²) in [5, 5.41) is 6.13. The van der Waals surface area contributed by atoms with Gasteiger partial charge in [0, 0.05) is 17.9 Å². The number of carbonyl (C=O) groups excluding carboxylic acids is 1. The van der Waals surface area contributed by atoms with Gasteiger partial charge in [0.05, 0.1) is 0 Å². The molecule has 2 aromatic rings. The molecule has 122 valence electrons. The largest absolute Gasteiger partial charge is 0.351 e. The molecule has 0 radical (unpaired) electrons. The molecule has 0 atom stereocenters. The van der Waals surface area contributed by atoms with Gasteiger partial charge in [-0.05, 0) is 43.9 Å². The summed E-state index contributed by atoms with van der Waals surface area (Å²) >= 11 is 0. The highest BCUT2D eigenvalue weighted by atomic mass is 16.1. The number of carbonyl (C=O) groups is 1. The minimum atomic E-state index is -0.166. The van der Waals surface area contributed by atoms with Crippen LogP contribution < -0.4 is 10.6 Å². The fraction of sp³-hybridized carbons (Fsp3) is 0.389. The van der Waals surface area contributed by atoms with E-state index in [9.17, 15) is 4.79 Å². The zero-order valence-electron chi connectivity index (χ0n) is 14.2. The quantitative estimate of drug-likeness (QED) is 0.856. The minimum Gasteiger partial charge on any atom is -0.351 e. The molecule has 2 rings (SSSR count). The lowest BCUT2D eigenvalue weighted by atomic mass is 10.1. The number of hydrogen-bond acceptors (Lipinski definition) is 4. The van der Waals surface area contributed by atoms with Crippen molar-refractivity contribution in [3.8, 4) is 0 Å². The molecule has 2 N–H and O–H groups in total. The molecule has 5 heteroatoms. The Hall–Kier alpha value is -2.43. The summed E-state index contributed by atoms with van der Waals surface area (Å²) in [7, 11) is 0. The van der Waals surface area contributed by atoms with E-state index in [2.05, 4.69) is 33.6 Å². The average molecular weight is 312 g/mol. The lowest BCUT2D eigenvalue weighted by Crippen LogP contribution is -2.25. The number of hydrogen-bond donors (Lipinski definition) is 2. The molecule has 0 fully saturated rings. The van der Waals surface area contributed by atoms with Crippen LogP contribution in [0.3, 0.4) is 0 Å². The molecule has 0 unspecified atom stereocenters. The van der Waals surface area contributed by atoms with Gasteiger partial charge < -0.3 is 10.6 Å². The Morgan fingerprint density at radius 3 is 2.65 bits per heavy atom. The maximum atomic E-state index is 12.1. The van der Waals surface area contributed by atoms with E-state index >= 15 is 0 Å². The molecule has 5 nitrogen and oxygen atoms in total. The lowest BCUT2D eigenvalue weighted by molar-refractivity contribution is 0.0948. The number of benzene rings is 1. The molecular formula is C18H24N4O. The van der Waals surface area contributed by atoms with Crippen molar-refractivity contribution in [3.63, 3.8) is 0 Å². The number of aryl methyl sites for hydroxylation is 3.